The number of carboxylic acids is 1. The summed E-state index contributed by atoms with van der Waals surface area (Å²) < 4.78 is 68.0. The molecule has 2 aliphatic carbocycles. The number of ether oxygens (including phenoxy) is 2. The van der Waals surface area contributed by atoms with Crippen molar-refractivity contribution in [3.8, 4) is 16.9 Å². The predicted molar refractivity (Wildman–Crippen MR) is 139 cm³/mol. The van der Waals surface area contributed by atoms with Crippen LogP contribution in [0.5, 0.6) is 5.75 Å². The fourth-order valence-corrected chi connectivity index (χ4v) is 6.05. The second kappa shape index (κ2) is 10.4. The molecular formula is C30H28F4N2O4. The molecule has 2 N–H and O–H groups in total. The van der Waals surface area contributed by atoms with E-state index in [9.17, 15) is 27.5 Å². The van der Waals surface area contributed by atoms with Gasteiger partial charge in [0.15, 0.2) is 0 Å². The molecule has 10 heteroatoms. The van der Waals surface area contributed by atoms with Gasteiger partial charge < -0.3 is 19.9 Å². The fraction of sp³-hybridized carbons (Fsp3) is 0.400. The molecule has 3 atom stereocenters. The van der Waals surface area contributed by atoms with E-state index in [0.29, 0.717) is 37.8 Å². The number of hydrogen-bond donors (Lipinski definition) is 2. The molecule has 2 fully saturated rings. The molecule has 3 aromatic rings. The van der Waals surface area contributed by atoms with Crippen LogP contribution in [0.2, 0.25) is 0 Å². The number of benzene rings is 2. The van der Waals surface area contributed by atoms with Gasteiger partial charge in [-0.2, -0.15) is 13.2 Å². The average Bonchev–Trinajstić information content (AvgIpc) is 3.54. The highest BCUT2D eigenvalue weighted by Gasteiger charge is 2.59. The second-order valence-corrected chi connectivity index (χ2v) is 10.8. The summed E-state index contributed by atoms with van der Waals surface area (Å²) in [6.07, 6.45) is -1.12. The highest BCUT2D eigenvalue weighted by molar-refractivity contribution is 5.78. The van der Waals surface area contributed by atoms with Gasteiger partial charge in [-0.05, 0) is 78.1 Å². The van der Waals surface area contributed by atoms with E-state index < -0.39 is 23.5 Å². The summed E-state index contributed by atoms with van der Waals surface area (Å²) in [6.45, 7) is 1.62. The van der Waals surface area contributed by atoms with Gasteiger partial charge in [-0.15, -0.1) is 0 Å². The van der Waals surface area contributed by atoms with Gasteiger partial charge in [-0.1, -0.05) is 12.1 Å². The first-order valence-electron chi connectivity index (χ1n) is 13.3. The lowest BCUT2D eigenvalue weighted by atomic mass is 9.98. The highest BCUT2D eigenvalue weighted by Crippen LogP contribution is 2.61. The van der Waals surface area contributed by atoms with Crippen LogP contribution in [0.1, 0.15) is 41.0 Å². The molecule has 3 aliphatic rings. The van der Waals surface area contributed by atoms with Gasteiger partial charge in [0.1, 0.15) is 24.0 Å². The van der Waals surface area contributed by atoms with Crippen molar-refractivity contribution in [1.82, 2.24) is 4.98 Å². The van der Waals surface area contributed by atoms with Crippen LogP contribution in [-0.2, 0) is 28.7 Å². The van der Waals surface area contributed by atoms with E-state index in [4.69, 9.17) is 9.47 Å². The van der Waals surface area contributed by atoms with Crippen LogP contribution in [-0.4, -0.2) is 35.8 Å². The average molecular weight is 557 g/mol. The van der Waals surface area contributed by atoms with Crippen LogP contribution in [0.4, 0.5) is 23.4 Å². The number of rotatable bonds is 8. The Balaban J connectivity index is 1.18. The lowest BCUT2D eigenvalue weighted by Gasteiger charge is -2.23. The first kappa shape index (κ1) is 26.6. The van der Waals surface area contributed by atoms with E-state index in [1.165, 1.54) is 18.3 Å². The van der Waals surface area contributed by atoms with Crippen molar-refractivity contribution in [1.29, 1.82) is 0 Å². The first-order chi connectivity index (χ1) is 19.2. The van der Waals surface area contributed by atoms with E-state index in [-0.39, 0.29) is 46.9 Å². The van der Waals surface area contributed by atoms with Gasteiger partial charge in [0.25, 0.3) is 0 Å². The van der Waals surface area contributed by atoms with E-state index in [1.807, 2.05) is 12.1 Å². The number of anilines is 1. The lowest BCUT2D eigenvalue weighted by molar-refractivity contribution is -0.139. The molecule has 6 rings (SSSR count). The van der Waals surface area contributed by atoms with Gasteiger partial charge in [0.05, 0.1) is 11.5 Å². The summed E-state index contributed by atoms with van der Waals surface area (Å²) in [7, 11) is 0. The molecule has 6 nitrogen and oxygen atoms in total. The van der Waals surface area contributed by atoms with Crippen molar-refractivity contribution >= 4 is 11.8 Å². The monoisotopic (exact) mass is 556 g/mol. The maximum absolute atomic E-state index is 14.7. The van der Waals surface area contributed by atoms with Crippen LogP contribution in [0.3, 0.4) is 0 Å². The number of nitrogens with one attached hydrogen (secondary N) is 1. The summed E-state index contributed by atoms with van der Waals surface area (Å²) in [5.74, 6) is -0.613. The van der Waals surface area contributed by atoms with Gasteiger partial charge in [0, 0.05) is 43.0 Å². The third kappa shape index (κ3) is 5.24. The standard InChI is InChI=1S/C30H28F4N2O4/c31-25-4-1-17(23-14-36-26(12-24(23)30(32,33)34)35-13-16-5-7-39-8-6-16)9-19(25)15-40-20-2-3-21-18(10-20)11-22-27(21)28(22)29(37)38/h1-4,9-10,12,14,16,22,27-28H,5-8,11,13,15H2,(H,35,36)(H,37,38). The highest BCUT2D eigenvalue weighted by atomic mass is 19.4. The molecule has 0 amide bonds. The van der Waals surface area contributed by atoms with Gasteiger partial charge >= 0.3 is 12.1 Å². The number of carboxylic acid groups (broad SMARTS) is 1. The van der Waals surface area contributed by atoms with E-state index in [2.05, 4.69) is 10.3 Å². The van der Waals surface area contributed by atoms with Crippen molar-refractivity contribution in [2.24, 2.45) is 17.8 Å². The topological polar surface area (TPSA) is 80.7 Å². The first-order valence-corrected chi connectivity index (χ1v) is 13.3. The predicted octanol–water partition coefficient (Wildman–Crippen LogP) is 6.29. The minimum atomic E-state index is -4.64. The molecule has 1 saturated carbocycles. The summed E-state index contributed by atoms with van der Waals surface area (Å²) in [5.41, 5.74) is 1.33. The maximum atomic E-state index is 14.7. The van der Waals surface area contributed by atoms with E-state index in [1.54, 1.807) is 6.07 Å². The van der Waals surface area contributed by atoms with Crippen LogP contribution in [0, 0.1) is 23.6 Å². The normalized spacial score (nSPS) is 21.9. The summed E-state index contributed by atoms with van der Waals surface area (Å²) in [5, 5.41) is 12.3. The Kier molecular flexibility index (Phi) is 6.90. The number of aromatic nitrogens is 1. The van der Waals surface area contributed by atoms with Crippen molar-refractivity contribution < 1.29 is 36.9 Å². The van der Waals surface area contributed by atoms with Crippen LogP contribution < -0.4 is 10.1 Å². The van der Waals surface area contributed by atoms with E-state index >= 15 is 0 Å². The number of hydrogen-bond acceptors (Lipinski definition) is 5. The van der Waals surface area contributed by atoms with Crippen molar-refractivity contribution in [2.75, 3.05) is 25.1 Å². The quantitative estimate of drug-likeness (QED) is 0.317. The molecule has 0 spiro atoms. The number of fused-ring (bicyclic) bond motifs is 3. The van der Waals surface area contributed by atoms with Gasteiger partial charge in [0.2, 0.25) is 0 Å². The number of carbonyl (C=O) groups is 1. The zero-order chi connectivity index (χ0) is 28.0. The van der Waals surface area contributed by atoms with Crippen molar-refractivity contribution in [3.63, 3.8) is 0 Å². The number of halogens is 4. The minimum Gasteiger partial charge on any atom is -0.489 e. The van der Waals surface area contributed by atoms with Crippen molar-refractivity contribution in [2.45, 2.75) is 38.0 Å². The van der Waals surface area contributed by atoms with E-state index in [0.717, 1.165) is 36.1 Å². The number of aliphatic carboxylic acids is 1. The Morgan fingerprint density at radius 2 is 1.93 bits per heavy atom. The largest absolute Gasteiger partial charge is 0.489 e. The lowest BCUT2D eigenvalue weighted by Crippen LogP contribution is -2.23. The van der Waals surface area contributed by atoms with Crippen LogP contribution in [0.15, 0.2) is 48.7 Å². The van der Waals surface area contributed by atoms with Crippen LogP contribution >= 0.6 is 0 Å². The Bertz CT molecular complexity index is 1440. The fourth-order valence-electron chi connectivity index (χ4n) is 6.05. The SMILES string of the molecule is O=C(O)C1C2Cc3cc(OCc4cc(-c5cnc(NCC6CCOCC6)cc5C(F)(F)F)ccc4F)ccc3C21. The minimum absolute atomic E-state index is 0.0376. The summed E-state index contributed by atoms with van der Waals surface area (Å²) >= 11 is 0. The number of alkyl halides is 3. The second-order valence-electron chi connectivity index (χ2n) is 10.8. The molecule has 0 radical (unpaired) electrons. The third-order valence-electron chi connectivity index (χ3n) is 8.26. The zero-order valence-electron chi connectivity index (χ0n) is 21.5. The maximum Gasteiger partial charge on any atom is 0.417 e. The van der Waals surface area contributed by atoms with Crippen LogP contribution in [0.25, 0.3) is 11.1 Å². The summed E-state index contributed by atoms with van der Waals surface area (Å²) in [4.78, 5) is 15.5. The Morgan fingerprint density at radius 3 is 2.67 bits per heavy atom. The Hall–Kier alpha value is -3.66. The Labute approximate surface area is 228 Å². The molecule has 2 heterocycles. The number of pyridine rings is 1. The molecule has 3 unspecified atom stereocenters. The molecule has 0 bridgehead atoms. The molecule has 210 valence electrons. The molecule has 2 aromatic carbocycles. The summed E-state index contributed by atoms with van der Waals surface area (Å²) in [6, 6.07) is 10.2. The number of nitrogens with zero attached hydrogens (tertiary/aromatic N) is 1. The zero-order valence-corrected chi connectivity index (χ0v) is 21.5. The Morgan fingerprint density at radius 1 is 1.12 bits per heavy atom. The molecule has 1 saturated heterocycles. The van der Waals surface area contributed by atoms with Crippen molar-refractivity contribution in [3.05, 3.63) is 76.7 Å². The molecular weight excluding hydrogens is 528 g/mol. The molecule has 1 aliphatic heterocycles. The molecule has 1 aromatic heterocycles. The van der Waals surface area contributed by atoms with Gasteiger partial charge in [-0.3, -0.25) is 4.79 Å². The third-order valence-corrected chi connectivity index (χ3v) is 8.26. The van der Waals surface area contributed by atoms with Gasteiger partial charge in [-0.25, -0.2) is 9.37 Å². The smallest absolute Gasteiger partial charge is 0.417 e. The molecule has 40 heavy (non-hydrogen) atoms.